The Kier molecular flexibility index (Phi) is 8.82. The predicted molar refractivity (Wildman–Crippen MR) is 141 cm³/mol. The molecule has 2 aromatic rings. The fourth-order valence-corrected chi connectivity index (χ4v) is 5.74. The largest absolute Gasteiger partial charge is 0.481 e. The molecule has 3 rings (SSSR count). The van der Waals surface area contributed by atoms with Gasteiger partial charge in [-0.25, -0.2) is 0 Å². The van der Waals surface area contributed by atoms with Crippen LogP contribution in [0.25, 0.3) is 0 Å². The van der Waals surface area contributed by atoms with Gasteiger partial charge in [0, 0.05) is 6.54 Å². The van der Waals surface area contributed by atoms with Crippen LogP contribution < -0.4 is 0 Å². The van der Waals surface area contributed by atoms with Gasteiger partial charge in [0.05, 0.1) is 45.4 Å². The number of rotatable bonds is 7. The number of amides is 1. The molecule has 1 fully saturated rings. The third-order valence-corrected chi connectivity index (χ3v) is 7.56. The van der Waals surface area contributed by atoms with Crippen molar-refractivity contribution in [2.24, 2.45) is 10.8 Å². The van der Waals surface area contributed by atoms with Crippen LogP contribution in [0.4, 0.5) is 13.2 Å². The van der Waals surface area contributed by atoms with Crippen LogP contribution in [-0.4, -0.2) is 50.5 Å². The molecule has 1 amide bonds. The molecule has 0 radical (unpaired) electrons. The number of carbonyl (C=O) groups is 3. The van der Waals surface area contributed by atoms with Crippen molar-refractivity contribution in [3.63, 3.8) is 0 Å². The predicted octanol–water partition coefficient (Wildman–Crippen LogP) is 7.09. The van der Waals surface area contributed by atoms with E-state index in [9.17, 15) is 32.7 Å². The fraction of sp³-hybridized carbons (Fsp3) is 0.556. The zero-order chi connectivity index (χ0) is 29.5. The number of benzene rings is 1. The van der Waals surface area contributed by atoms with Gasteiger partial charge in [-0.3, -0.25) is 19.1 Å². The Morgan fingerprint density at radius 1 is 1.13 bits per heavy atom. The number of Topliss-reactive ketones (excluding diaryl/α,β-unsaturated/α-hetero) is 1. The third-order valence-electron chi connectivity index (χ3n) is 6.97. The Balaban J connectivity index is 1.99. The van der Waals surface area contributed by atoms with E-state index in [2.05, 4.69) is 5.10 Å². The molecule has 7 nitrogen and oxygen atoms in total. The summed E-state index contributed by atoms with van der Waals surface area (Å²) in [6.07, 6.45) is -3.37. The molecular weight excluding hydrogens is 558 g/mol. The number of carboxylic acid groups (broad SMARTS) is 1. The molecule has 1 aromatic carbocycles. The molecule has 1 aliphatic rings. The minimum absolute atomic E-state index is 0.00827. The van der Waals surface area contributed by atoms with Crippen molar-refractivity contribution >= 4 is 40.9 Å². The summed E-state index contributed by atoms with van der Waals surface area (Å²) in [5.74, 6) is -2.60. The van der Waals surface area contributed by atoms with Gasteiger partial charge in [-0.05, 0) is 62.6 Å². The highest BCUT2D eigenvalue weighted by Gasteiger charge is 2.45. The highest BCUT2D eigenvalue weighted by molar-refractivity contribution is 6.40. The van der Waals surface area contributed by atoms with E-state index in [1.54, 1.807) is 46.8 Å². The van der Waals surface area contributed by atoms with E-state index in [4.69, 9.17) is 23.2 Å². The Labute approximate surface area is 235 Å². The number of carbonyl (C=O) groups excluding carboxylic acids is 2. The van der Waals surface area contributed by atoms with Gasteiger partial charge in [-0.1, -0.05) is 44.0 Å². The molecule has 1 N–H and O–H groups in total. The fourth-order valence-electron chi connectivity index (χ4n) is 4.94. The number of halogens is 5. The number of alkyl halides is 3. The maximum absolute atomic E-state index is 14.4. The van der Waals surface area contributed by atoms with Crippen LogP contribution in [0.2, 0.25) is 10.0 Å². The Morgan fingerprint density at radius 3 is 2.13 bits per heavy atom. The van der Waals surface area contributed by atoms with Crippen molar-refractivity contribution in [2.45, 2.75) is 72.5 Å². The molecule has 214 valence electrons. The van der Waals surface area contributed by atoms with Crippen molar-refractivity contribution in [2.75, 3.05) is 13.1 Å². The molecule has 0 unspecified atom stereocenters. The number of ketones is 1. The monoisotopic (exact) mass is 589 g/mol. The lowest BCUT2D eigenvalue weighted by molar-refractivity contribution is -0.152. The summed E-state index contributed by atoms with van der Waals surface area (Å²) in [5.41, 5.74) is -2.76. The van der Waals surface area contributed by atoms with Crippen molar-refractivity contribution in [1.82, 2.24) is 14.7 Å². The normalized spacial score (nSPS) is 20.1. The van der Waals surface area contributed by atoms with Crippen molar-refractivity contribution in [3.8, 4) is 0 Å². The minimum atomic E-state index is -4.92. The molecule has 0 bridgehead atoms. The molecule has 0 aliphatic heterocycles. The lowest BCUT2D eigenvalue weighted by atomic mass is 9.74. The van der Waals surface area contributed by atoms with Crippen LogP contribution in [0.1, 0.15) is 91.4 Å². The Morgan fingerprint density at radius 2 is 1.67 bits per heavy atom. The van der Waals surface area contributed by atoms with Gasteiger partial charge in [0.1, 0.15) is 0 Å². The first-order chi connectivity index (χ1) is 17.8. The number of nitrogens with zero attached hydrogens (tertiary/aromatic N) is 3. The van der Waals surface area contributed by atoms with Crippen molar-refractivity contribution in [1.29, 1.82) is 0 Å². The number of hydrogen-bond donors (Lipinski definition) is 1. The van der Waals surface area contributed by atoms with Crippen LogP contribution in [0.5, 0.6) is 0 Å². The standard InChI is InChI=1S/C27H32Cl2F3N3O4/c1-15-10-18(28)21(19(29)11-15)20(36)13-34(14-25(2,3)4)23(37)17-12-33-35(22(17)27(30,31)32)16-6-8-26(5,9-7-16)24(38)39/h10-12,16H,6-9,13-14H2,1-5H3,(H,38,39). The van der Waals surface area contributed by atoms with E-state index in [0.717, 1.165) is 21.3 Å². The zero-order valence-corrected chi connectivity index (χ0v) is 24.0. The number of aryl methyl sites for hydroxylation is 1. The lowest BCUT2D eigenvalue weighted by Gasteiger charge is -2.34. The van der Waals surface area contributed by atoms with Gasteiger partial charge in [-0.15, -0.1) is 0 Å². The number of aliphatic carboxylic acids is 1. The van der Waals surface area contributed by atoms with E-state index < -0.39 is 58.5 Å². The zero-order valence-electron chi connectivity index (χ0n) is 22.5. The highest BCUT2D eigenvalue weighted by atomic mass is 35.5. The van der Waals surface area contributed by atoms with Crippen LogP contribution in [-0.2, 0) is 11.0 Å². The van der Waals surface area contributed by atoms with Crippen LogP contribution >= 0.6 is 23.2 Å². The highest BCUT2D eigenvalue weighted by Crippen LogP contribution is 2.43. The first-order valence-corrected chi connectivity index (χ1v) is 13.3. The lowest BCUT2D eigenvalue weighted by Crippen LogP contribution is -2.42. The topological polar surface area (TPSA) is 92.5 Å². The Hall–Kier alpha value is -2.59. The molecule has 12 heteroatoms. The first kappa shape index (κ1) is 30.9. The molecule has 0 atom stereocenters. The molecule has 39 heavy (non-hydrogen) atoms. The molecule has 0 saturated heterocycles. The summed E-state index contributed by atoms with van der Waals surface area (Å²) in [4.78, 5) is 39.5. The van der Waals surface area contributed by atoms with Gasteiger partial charge >= 0.3 is 12.1 Å². The SMILES string of the molecule is Cc1cc(Cl)c(C(=O)CN(CC(C)(C)C)C(=O)c2cnn(C3CCC(C)(C(=O)O)CC3)c2C(F)(F)F)c(Cl)c1. The second-order valence-corrected chi connectivity index (χ2v) is 12.5. The summed E-state index contributed by atoms with van der Waals surface area (Å²) in [6, 6.07) is 2.36. The van der Waals surface area contributed by atoms with Crippen LogP contribution in [0, 0.1) is 17.8 Å². The van der Waals surface area contributed by atoms with Gasteiger partial charge in [0.2, 0.25) is 0 Å². The first-order valence-electron chi connectivity index (χ1n) is 12.5. The quantitative estimate of drug-likeness (QED) is 0.348. The van der Waals surface area contributed by atoms with Crippen LogP contribution in [0.15, 0.2) is 18.3 Å². The minimum Gasteiger partial charge on any atom is -0.481 e. The molecule has 1 heterocycles. The number of carboxylic acids is 1. The van der Waals surface area contributed by atoms with E-state index in [-0.39, 0.29) is 47.8 Å². The van der Waals surface area contributed by atoms with E-state index >= 15 is 0 Å². The smallest absolute Gasteiger partial charge is 0.433 e. The van der Waals surface area contributed by atoms with E-state index in [1.165, 1.54) is 0 Å². The Bertz CT molecular complexity index is 1250. The van der Waals surface area contributed by atoms with Gasteiger partial charge in [0.15, 0.2) is 11.5 Å². The molecular formula is C27H32Cl2F3N3O4. The van der Waals surface area contributed by atoms with Crippen molar-refractivity contribution < 1.29 is 32.7 Å². The van der Waals surface area contributed by atoms with Crippen molar-refractivity contribution in [3.05, 3.63) is 50.8 Å². The summed E-state index contributed by atoms with van der Waals surface area (Å²) < 4.78 is 43.9. The van der Waals surface area contributed by atoms with Gasteiger partial charge in [0.25, 0.3) is 5.91 Å². The van der Waals surface area contributed by atoms with Gasteiger partial charge < -0.3 is 10.0 Å². The summed E-state index contributed by atoms with van der Waals surface area (Å²) in [7, 11) is 0. The maximum Gasteiger partial charge on any atom is 0.433 e. The summed E-state index contributed by atoms with van der Waals surface area (Å²) >= 11 is 12.5. The van der Waals surface area contributed by atoms with E-state index in [1.807, 2.05) is 0 Å². The maximum atomic E-state index is 14.4. The molecule has 1 aliphatic carbocycles. The summed E-state index contributed by atoms with van der Waals surface area (Å²) in [6.45, 7) is 8.12. The number of aromatic nitrogens is 2. The molecule has 0 spiro atoms. The summed E-state index contributed by atoms with van der Waals surface area (Å²) in [5, 5.41) is 13.6. The average Bonchev–Trinajstić information content (AvgIpc) is 3.22. The third kappa shape index (κ3) is 6.95. The molecule has 1 saturated carbocycles. The average molecular weight is 590 g/mol. The number of hydrogen-bond acceptors (Lipinski definition) is 4. The second kappa shape index (κ2) is 11.1. The van der Waals surface area contributed by atoms with Crippen LogP contribution in [0.3, 0.4) is 0 Å². The second-order valence-electron chi connectivity index (χ2n) is 11.7. The van der Waals surface area contributed by atoms with Gasteiger partial charge in [-0.2, -0.15) is 18.3 Å². The molecule has 1 aromatic heterocycles. The van der Waals surface area contributed by atoms with E-state index in [0.29, 0.717) is 0 Å².